The van der Waals surface area contributed by atoms with Crippen molar-refractivity contribution in [2.24, 2.45) is 0 Å². The fourth-order valence-electron chi connectivity index (χ4n) is 3.89. The second kappa shape index (κ2) is 11.1. The first-order chi connectivity index (χ1) is 14.5. The topological polar surface area (TPSA) is 44.8 Å². The SMILES string of the molecule is CC(C)c1cccc(OCC(=O)NCCCN2CCN(C)CC2c2ccccc2)c1. The van der Waals surface area contributed by atoms with Gasteiger partial charge in [0.2, 0.25) is 0 Å². The summed E-state index contributed by atoms with van der Waals surface area (Å²) in [5, 5.41) is 2.99. The van der Waals surface area contributed by atoms with Crippen molar-refractivity contribution in [3.8, 4) is 5.75 Å². The van der Waals surface area contributed by atoms with Crippen LogP contribution >= 0.6 is 0 Å². The largest absolute Gasteiger partial charge is 0.484 e. The van der Waals surface area contributed by atoms with Gasteiger partial charge in [-0.15, -0.1) is 0 Å². The van der Waals surface area contributed by atoms with Crippen molar-refractivity contribution in [3.05, 3.63) is 65.7 Å². The maximum atomic E-state index is 12.2. The standard InChI is InChI=1S/C25H35N3O2/c1-20(2)22-11-7-12-23(17-22)30-19-25(29)26-13-8-14-28-16-15-27(3)18-24(28)21-9-5-4-6-10-21/h4-7,9-12,17,20,24H,8,13-16,18-19H2,1-3H3,(H,26,29). The highest BCUT2D eigenvalue weighted by molar-refractivity contribution is 5.77. The highest BCUT2D eigenvalue weighted by Gasteiger charge is 2.25. The minimum Gasteiger partial charge on any atom is -0.484 e. The third kappa shape index (κ3) is 6.57. The van der Waals surface area contributed by atoms with E-state index in [1.54, 1.807) is 0 Å². The lowest BCUT2D eigenvalue weighted by Crippen LogP contribution is -2.47. The Balaban J connectivity index is 1.40. The Hall–Kier alpha value is -2.37. The van der Waals surface area contributed by atoms with E-state index in [1.807, 2.05) is 18.2 Å². The van der Waals surface area contributed by atoms with Gasteiger partial charge in [-0.25, -0.2) is 0 Å². The average molecular weight is 410 g/mol. The molecule has 0 saturated carbocycles. The maximum absolute atomic E-state index is 12.2. The van der Waals surface area contributed by atoms with Crippen molar-refractivity contribution < 1.29 is 9.53 Å². The Morgan fingerprint density at radius 1 is 1.13 bits per heavy atom. The molecule has 1 aliphatic rings. The molecule has 1 saturated heterocycles. The summed E-state index contributed by atoms with van der Waals surface area (Å²) in [5.74, 6) is 1.12. The summed E-state index contributed by atoms with van der Waals surface area (Å²) in [4.78, 5) is 17.1. The van der Waals surface area contributed by atoms with Crippen LogP contribution in [0.15, 0.2) is 54.6 Å². The van der Waals surface area contributed by atoms with E-state index in [9.17, 15) is 4.79 Å². The van der Waals surface area contributed by atoms with Gasteiger partial charge < -0.3 is 15.0 Å². The number of piperazine rings is 1. The van der Waals surface area contributed by atoms with Crippen molar-refractivity contribution in [1.82, 2.24) is 15.1 Å². The fraction of sp³-hybridized carbons (Fsp3) is 0.480. The first-order valence-electron chi connectivity index (χ1n) is 11.0. The first kappa shape index (κ1) is 22.3. The highest BCUT2D eigenvalue weighted by Crippen LogP contribution is 2.24. The van der Waals surface area contributed by atoms with Gasteiger partial charge in [-0.2, -0.15) is 0 Å². The molecule has 1 heterocycles. The van der Waals surface area contributed by atoms with E-state index < -0.39 is 0 Å². The summed E-state index contributed by atoms with van der Waals surface area (Å²) < 4.78 is 5.66. The van der Waals surface area contributed by atoms with Crippen LogP contribution in [0.3, 0.4) is 0 Å². The molecule has 0 aromatic heterocycles. The summed E-state index contributed by atoms with van der Waals surface area (Å²) in [5.41, 5.74) is 2.58. The Morgan fingerprint density at radius 2 is 1.93 bits per heavy atom. The zero-order chi connectivity index (χ0) is 21.3. The summed E-state index contributed by atoms with van der Waals surface area (Å²) in [6.45, 7) is 9.18. The number of carbonyl (C=O) groups excluding carboxylic acids is 1. The minimum absolute atomic E-state index is 0.0582. The maximum Gasteiger partial charge on any atom is 0.257 e. The van der Waals surface area contributed by atoms with Gasteiger partial charge in [-0.1, -0.05) is 56.3 Å². The molecule has 0 aliphatic carbocycles. The van der Waals surface area contributed by atoms with Gasteiger partial charge in [0.1, 0.15) is 5.75 Å². The molecule has 30 heavy (non-hydrogen) atoms. The first-order valence-corrected chi connectivity index (χ1v) is 11.0. The lowest BCUT2D eigenvalue weighted by molar-refractivity contribution is -0.123. The average Bonchev–Trinajstić information content (AvgIpc) is 2.77. The van der Waals surface area contributed by atoms with Gasteiger partial charge in [-0.3, -0.25) is 9.69 Å². The quantitative estimate of drug-likeness (QED) is 0.642. The molecule has 0 bridgehead atoms. The Labute approximate surface area is 181 Å². The van der Waals surface area contributed by atoms with Crippen molar-refractivity contribution in [2.45, 2.75) is 32.2 Å². The van der Waals surface area contributed by atoms with Crippen LogP contribution in [0.5, 0.6) is 5.75 Å². The van der Waals surface area contributed by atoms with Crippen LogP contribution in [0.1, 0.15) is 43.4 Å². The number of hydrogen-bond donors (Lipinski definition) is 1. The smallest absolute Gasteiger partial charge is 0.257 e. The molecule has 0 spiro atoms. The van der Waals surface area contributed by atoms with Crippen molar-refractivity contribution in [1.29, 1.82) is 0 Å². The number of amides is 1. The lowest BCUT2D eigenvalue weighted by Gasteiger charge is -2.40. The van der Waals surface area contributed by atoms with Crippen LogP contribution < -0.4 is 10.1 Å². The summed E-state index contributed by atoms with van der Waals surface area (Å²) in [6, 6.07) is 19.1. The molecule has 162 valence electrons. The normalized spacial score (nSPS) is 17.8. The number of likely N-dealkylation sites (N-methyl/N-ethyl adjacent to an activating group) is 1. The molecule has 3 rings (SSSR count). The summed E-state index contributed by atoms with van der Waals surface area (Å²) in [6.07, 6.45) is 0.932. The molecule has 1 unspecified atom stereocenters. The van der Waals surface area contributed by atoms with E-state index in [2.05, 4.69) is 72.4 Å². The molecule has 1 N–H and O–H groups in total. The summed E-state index contributed by atoms with van der Waals surface area (Å²) >= 11 is 0. The number of nitrogens with one attached hydrogen (secondary N) is 1. The molecule has 1 atom stereocenters. The van der Waals surface area contributed by atoms with Crippen LogP contribution in [0.2, 0.25) is 0 Å². The monoisotopic (exact) mass is 409 g/mol. The minimum atomic E-state index is -0.0667. The number of rotatable bonds is 9. The summed E-state index contributed by atoms with van der Waals surface area (Å²) in [7, 11) is 2.18. The number of ether oxygens (including phenoxy) is 1. The third-order valence-electron chi connectivity index (χ3n) is 5.72. The van der Waals surface area contributed by atoms with Crippen LogP contribution in [-0.2, 0) is 4.79 Å². The van der Waals surface area contributed by atoms with Gasteiger partial charge in [0.25, 0.3) is 5.91 Å². The molecule has 1 aliphatic heterocycles. The van der Waals surface area contributed by atoms with E-state index in [4.69, 9.17) is 4.74 Å². The van der Waals surface area contributed by atoms with Gasteiger partial charge in [0.05, 0.1) is 0 Å². The van der Waals surface area contributed by atoms with Gasteiger partial charge in [0, 0.05) is 38.8 Å². The van der Waals surface area contributed by atoms with E-state index in [1.165, 1.54) is 11.1 Å². The predicted molar refractivity (Wildman–Crippen MR) is 122 cm³/mol. The molecule has 1 amide bonds. The number of benzene rings is 2. The van der Waals surface area contributed by atoms with E-state index in [0.717, 1.165) is 38.3 Å². The number of hydrogen-bond acceptors (Lipinski definition) is 4. The zero-order valence-electron chi connectivity index (χ0n) is 18.5. The van der Waals surface area contributed by atoms with Gasteiger partial charge in [-0.05, 0) is 42.6 Å². The van der Waals surface area contributed by atoms with Crippen molar-refractivity contribution in [3.63, 3.8) is 0 Å². The third-order valence-corrected chi connectivity index (χ3v) is 5.72. The van der Waals surface area contributed by atoms with Crippen LogP contribution in [0.4, 0.5) is 0 Å². The molecule has 1 fully saturated rings. The number of carbonyl (C=O) groups is 1. The molecule has 5 nitrogen and oxygen atoms in total. The lowest BCUT2D eigenvalue weighted by atomic mass is 10.0. The molecule has 5 heteroatoms. The van der Waals surface area contributed by atoms with Gasteiger partial charge >= 0.3 is 0 Å². The Bertz CT molecular complexity index is 794. The van der Waals surface area contributed by atoms with Crippen molar-refractivity contribution >= 4 is 5.91 Å². The van der Waals surface area contributed by atoms with E-state index in [0.29, 0.717) is 18.5 Å². The van der Waals surface area contributed by atoms with Crippen molar-refractivity contribution in [2.75, 3.05) is 46.4 Å². The highest BCUT2D eigenvalue weighted by atomic mass is 16.5. The Morgan fingerprint density at radius 3 is 2.70 bits per heavy atom. The molecule has 2 aromatic rings. The molecule has 2 aromatic carbocycles. The van der Waals surface area contributed by atoms with Gasteiger partial charge in [0.15, 0.2) is 6.61 Å². The van der Waals surface area contributed by atoms with E-state index in [-0.39, 0.29) is 12.5 Å². The molecule has 0 radical (unpaired) electrons. The number of nitrogens with zero attached hydrogens (tertiary/aromatic N) is 2. The fourth-order valence-corrected chi connectivity index (χ4v) is 3.89. The second-order valence-corrected chi connectivity index (χ2v) is 8.44. The zero-order valence-corrected chi connectivity index (χ0v) is 18.5. The van der Waals surface area contributed by atoms with Crippen LogP contribution in [0, 0.1) is 0 Å². The molecular formula is C25H35N3O2. The predicted octanol–water partition coefficient (Wildman–Crippen LogP) is 3.68. The van der Waals surface area contributed by atoms with Crippen LogP contribution in [0.25, 0.3) is 0 Å². The van der Waals surface area contributed by atoms with E-state index >= 15 is 0 Å². The van der Waals surface area contributed by atoms with Crippen LogP contribution in [-0.4, -0.2) is 62.1 Å². The molecular weight excluding hydrogens is 374 g/mol. The second-order valence-electron chi connectivity index (χ2n) is 8.44. The Kier molecular flexibility index (Phi) is 8.29.